The number of hydrogen-bond donors (Lipinski definition) is 0. The number of ketones is 1. The largest absolute Gasteiger partial charge is 0.373 e. The number of benzene rings is 1. The highest BCUT2D eigenvalue weighted by molar-refractivity contribution is 5.97. The lowest BCUT2D eigenvalue weighted by Crippen LogP contribution is -2.15. The molecule has 0 fully saturated rings. The van der Waals surface area contributed by atoms with Crippen molar-refractivity contribution in [3.05, 3.63) is 35.4 Å². The van der Waals surface area contributed by atoms with Crippen molar-refractivity contribution in [2.75, 3.05) is 13.2 Å². The van der Waals surface area contributed by atoms with Crippen LogP contribution in [0.15, 0.2) is 24.3 Å². The van der Waals surface area contributed by atoms with Gasteiger partial charge in [-0.2, -0.15) is 0 Å². The Morgan fingerprint density at radius 3 is 2.47 bits per heavy atom. The summed E-state index contributed by atoms with van der Waals surface area (Å²) in [4.78, 5) is 11.9. The Hall–Kier alpha value is -1.15. The maximum atomic E-state index is 11.9. The molecule has 19 heavy (non-hydrogen) atoms. The molecule has 0 saturated heterocycles. The highest BCUT2D eigenvalue weighted by atomic mass is 16.5. The summed E-state index contributed by atoms with van der Waals surface area (Å²) in [6.45, 7) is 7.31. The van der Waals surface area contributed by atoms with Gasteiger partial charge in [0.25, 0.3) is 0 Å². The zero-order chi connectivity index (χ0) is 14.1. The first-order valence-corrected chi connectivity index (χ1v) is 7.35. The minimum atomic E-state index is 0.0744. The van der Waals surface area contributed by atoms with Crippen molar-refractivity contribution >= 4 is 5.78 Å². The van der Waals surface area contributed by atoms with E-state index in [1.165, 1.54) is 24.8 Å². The van der Waals surface area contributed by atoms with Crippen LogP contribution in [0.5, 0.6) is 0 Å². The van der Waals surface area contributed by atoms with Gasteiger partial charge in [0.05, 0.1) is 0 Å². The molecule has 0 N–H and O–H groups in total. The second kappa shape index (κ2) is 8.87. The second-order valence-corrected chi connectivity index (χ2v) is 5.22. The number of ether oxygens (including phenoxy) is 1. The van der Waals surface area contributed by atoms with Gasteiger partial charge in [0.2, 0.25) is 0 Å². The molecule has 0 aliphatic rings. The Morgan fingerprint density at radius 1 is 1.21 bits per heavy atom. The van der Waals surface area contributed by atoms with E-state index in [-0.39, 0.29) is 12.4 Å². The molecule has 106 valence electrons. The van der Waals surface area contributed by atoms with Crippen LogP contribution >= 0.6 is 0 Å². The molecule has 0 aliphatic heterocycles. The average molecular weight is 262 g/mol. The molecule has 1 unspecified atom stereocenters. The number of rotatable bonds is 9. The van der Waals surface area contributed by atoms with E-state index in [1.807, 2.05) is 31.2 Å². The molecule has 0 radical (unpaired) electrons. The van der Waals surface area contributed by atoms with Gasteiger partial charge in [-0.1, -0.05) is 62.9 Å². The number of Topliss-reactive ketones (excluding diaryl/α,β-unsaturated/α-hetero) is 1. The van der Waals surface area contributed by atoms with E-state index in [9.17, 15) is 4.79 Å². The third kappa shape index (κ3) is 6.02. The van der Waals surface area contributed by atoms with Gasteiger partial charge in [-0.15, -0.1) is 0 Å². The van der Waals surface area contributed by atoms with Crippen molar-refractivity contribution in [3.8, 4) is 0 Å². The van der Waals surface area contributed by atoms with Crippen LogP contribution in [0.25, 0.3) is 0 Å². The number of unbranched alkanes of at least 4 members (excludes halogenated alkanes) is 1. The summed E-state index contributed by atoms with van der Waals surface area (Å²) in [5.41, 5.74) is 1.91. The molecule has 1 rings (SSSR count). The van der Waals surface area contributed by atoms with Gasteiger partial charge in [0, 0.05) is 12.2 Å². The van der Waals surface area contributed by atoms with Crippen LogP contribution in [0.3, 0.4) is 0 Å². The van der Waals surface area contributed by atoms with Crippen molar-refractivity contribution in [2.24, 2.45) is 5.92 Å². The second-order valence-electron chi connectivity index (χ2n) is 5.22. The van der Waals surface area contributed by atoms with Gasteiger partial charge in [-0.05, 0) is 19.3 Å². The van der Waals surface area contributed by atoms with E-state index in [2.05, 4.69) is 13.8 Å². The SMILES string of the molecule is CCCCC(CC)COCC(=O)c1ccc(C)cc1. The third-order valence-electron chi connectivity index (χ3n) is 3.50. The predicted octanol–water partition coefficient (Wildman–Crippen LogP) is 4.41. The summed E-state index contributed by atoms with van der Waals surface area (Å²) in [6, 6.07) is 7.66. The zero-order valence-electron chi connectivity index (χ0n) is 12.4. The van der Waals surface area contributed by atoms with Crippen LogP contribution in [0.2, 0.25) is 0 Å². The highest BCUT2D eigenvalue weighted by Crippen LogP contribution is 2.13. The molecule has 1 atom stereocenters. The molecule has 0 saturated carbocycles. The lowest BCUT2D eigenvalue weighted by Gasteiger charge is -2.14. The van der Waals surface area contributed by atoms with Crippen molar-refractivity contribution in [1.82, 2.24) is 0 Å². The maximum absolute atomic E-state index is 11.9. The summed E-state index contributed by atoms with van der Waals surface area (Å²) in [7, 11) is 0. The van der Waals surface area contributed by atoms with Crippen LogP contribution in [0, 0.1) is 12.8 Å². The number of carbonyl (C=O) groups excluding carboxylic acids is 1. The Labute approximate surface area is 117 Å². The maximum Gasteiger partial charge on any atom is 0.188 e. The molecule has 1 aromatic carbocycles. The standard InChI is InChI=1S/C17H26O2/c1-4-6-7-15(5-2)12-19-13-17(18)16-10-8-14(3)9-11-16/h8-11,15H,4-7,12-13H2,1-3H3. The number of hydrogen-bond acceptors (Lipinski definition) is 2. The quantitative estimate of drug-likeness (QED) is 0.616. The molecular formula is C17H26O2. The first-order valence-electron chi connectivity index (χ1n) is 7.35. The molecule has 0 spiro atoms. The van der Waals surface area contributed by atoms with E-state index >= 15 is 0 Å². The van der Waals surface area contributed by atoms with E-state index in [0.29, 0.717) is 12.5 Å². The van der Waals surface area contributed by atoms with Gasteiger partial charge in [-0.3, -0.25) is 4.79 Å². The van der Waals surface area contributed by atoms with E-state index in [1.54, 1.807) is 0 Å². The van der Waals surface area contributed by atoms with E-state index in [4.69, 9.17) is 4.74 Å². The van der Waals surface area contributed by atoms with Gasteiger partial charge >= 0.3 is 0 Å². The van der Waals surface area contributed by atoms with Crippen molar-refractivity contribution in [2.45, 2.75) is 46.5 Å². The van der Waals surface area contributed by atoms with E-state index in [0.717, 1.165) is 12.0 Å². The number of carbonyl (C=O) groups is 1. The summed E-state index contributed by atoms with van der Waals surface area (Å²) in [5, 5.41) is 0. The normalized spacial score (nSPS) is 12.4. The topological polar surface area (TPSA) is 26.3 Å². The van der Waals surface area contributed by atoms with Crippen LogP contribution in [-0.2, 0) is 4.74 Å². The molecule has 0 bridgehead atoms. The smallest absolute Gasteiger partial charge is 0.188 e. The molecule has 0 aromatic heterocycles. The Bertz CT molecular complexity index is 367. The van der Waals surface area contributed by atoms with E-state index < -0.39 is 0 Å². The van der Waals surface area contributed by atoms with Crippen LogP contribution in [0.4, 0.5) is 0 Å². The van der Waals surface area contributed by atoms with Gasteiger partial charge in [-0.25, -0.2) is 0 Å². The predicted molar refractivity (Wildman–Crippen MR) is 79.6 cm³/mol. The summed E-state index contributed by atoms with van der Waals surface area (Å²) >= 11 is 0. The van der Waals surface area contributed by atoms with Crippen LogP contribution in [0.1, 0.15) is 55.5 Å². The average Bonchev–Trinajstić information content (AvgIpc) is 2.43. The Balaban J connectivity index is 2.31. The van der Waals surface area contributed by atoms with Gasteiger partial charge < -0.3 is 4.74 Å². The van der Waals surface area contributed by atoms with Crippen molar-refractivity contribution < 1.29 is 9.53 Å². The highest BCUT2D eigenvalue weighted by Gasteiger charge is 2.09. The molecule has 0 amide bonds. The van der Waals surface area contributed by atoms with Crippen molar-refractivity contribution in [3.63, 3.8) is 0 Å². The summed E-state index contributed by atoms with van der Waals surface area (Å²) < 4.78 is 5.58. The summed E-state index contributed by atoms with van der Waals surface area (Å²) in [5.74, 6) is 0.663. The molecule has 2 nitrogen and oxygen atoms in total. The first-order chi connectivity index (χ1) is 9.17. The first kappa shape index (κ1) is 15.9. The third-order valence-corrected chi connectivity index (χ3v) is 3.50. The minimum absolute atomic E-state index is 0.0744. The van der Waals surface area contributed by atoms with Gasteiger partial charge in [0.1, 0.15) is 6.61 Å². The zero-order valence-corrected chi connectivity index (χ0v) is 12.4. The minimum Gasteiger partial charge on any atom is -0.373 e. The fourth-order valence-electron chi connectivity index (χ4n) is 2.04. The fraction of sp³-hybridized carbons (Fsp3) is 0.588. The molecule has 2 heteroatoms. The summed E-state index contributed by atoms with van der Waals surface area (Å²) in [6.07, 6.45) is 4.79. The fourth-order valence-corrected chi connectivity index (χ4v) is 2.04. The Morgan fingerprint density at radius 2 is 1.89 bits per heavy atom. The lowest BCUT2D eigenvalue weighted by molar-refractivity contribution is 0.0658. The molecule has 1 aromatic rings. The van der Waals surface area contributed by atoms with Gasteiger partial charge in [0.15, 0.2) is 5.78 Å². The molecular weight excluding hydrogens is 236 g/mol. The monoisotopic (exact) mass is 262 g/mol. The lowest BCUT2D eigenvalue weighted by atomic mass is 10.0. The van der Waals surface area contributed by atoms with Crippen LogP contribution in [-0.4, -0.2) is 19.0 Å². The molecule has 0 heterocycles. The molecule has 0 aliphatic carbocycles. The number of aryl methyl sites for hydroxylation is 1. The van der Waals surface area contributed by atoms with Crippen molar-refractivity contribution in [1.29, 1.82) is 0 Å². The Kier molecular flexibility index (Phi) is 7.42. The van der Waals surface area contributed by atoms with Crippen LogP contribution < -0.4 is 0 Å².